The molecule has 0 aliphatic rings. The molecule has 7 nitrogen and oxygen atoms in total. The summed E-state index contributed by atoms with van der Waals surface area (Å²) >= 11 is 6.18. The lowest BCUT2D eigenvalue weighted by atomic mass is 9.95. The first-order valence-corrected chi connectivity index (χ1v) is 12.6. The molecule has 0 bridgehead atoms. The average Bonchev–Trinajstić information content (AvgIpc) is 3.35. The summed E-state index contributed by atoms with van der Waals surface area (Å²) in [5.74, 6) is 0.611. The third-order valence-corrected chi connectivity index (χ3v) is 6.01. The Morgan fingerprint density at radius 2 is 1.82 bits per heavy atom. The summed E-state index contributed by atoms with van der Waals surface area (Å²) < 4.78 is 30.7. The van der Waals surface area contributed by atoms with Gasteiger partial charge >= 0.3 is 0 Å². The highest BCUT2D eigenvalue weighted by atomic mass is 35.5. The van der Waals surface area contributed by atoms with Gasteiger partial charge in [0.15, 0.2) is 5.78 Å². The van der Waals surface area contributed by atoms with Crippen LogP contribution in [0.3, 0.4) is 0 Å². The molecule has 1 atom stereocenters. The van der Waals surface area contributed by atoms with Gasteiger partial charge in [0.05, 0.1) is 20.8 Å². The van der Waals surface area contributed by atoms with Gasteiger partial charge in [-0.1, -0.05) is 31.5 Å². The monoisotopic (exact) mass is 542 g/mol. The molecular formula is C29H32ClFN2O5. The number of H-pyrrole nitrogens is 1. The molecule has 202 valence electrons. The van der Waals surface area contributed by atoms with Crippen LogP contribution >= 0.6 is 11.6 Å². The van der Waals surface area contributed by atoms with E-state index in [9.17, 15) is 9.18 Å². The maximum atomic E-state index is 14.3. The van der Waals surface area contributed by atoms with Crippen LogP contribution in [0.5, 0.6) is 17.2 Å². The first-order valence-electron chi connectivity index (χ1n) is 12.2. The molecule has 1 heterocycles. The molecule has 38 heavy (non-hydrogen) atoms. The number of methoxy groups -OCH3 is 2. The van der Waals surface area contributed by atoms with Gasteiger partial charge in [0.25, 0.3) is 0 Å². The Hall–Kier alpha value is -3.75. The fourth-order valence-electron chi connectivity index (χ4n) is 4.12. The van der Waals surface area contributed by atoms with Crippen LogP contribution < -0.4 is 19.5 Å². The van der Waals surface area contributed by atoms with E-state index in [0.29, 0.717) is 55.6 Å². The van der Waals surface area contributed by atoms with Crippen molar-refractivity contribution in [2.24, 2.45) is 0 Å². The molecule has 3 aromatic carbocycles. The van der Waals surface area contributed by atoms with E-state index >= 15 is 0 Å². The van der Waals surface area contributed by atoms with Crippen molar-refractivity contribution in [3.05, 3.63) is 82.3 Å². The molecule has 4 aromatic rings. The highest BCUT2D eigenvalue weighted by Gasteiger charge is 2.28. The molecule has 0 saturated heterocycles. The van der Waals surface area contributed by atoms with Gasteiger partial charge < -0.3 is 29.6 Å². The molecule has 9 heteroatoms. The van der Waals surface area contributed by atoms with Gasteiger partial charge in [0.1, 0.15) is 35.7 Å². The minimum Gasteiger partial charge on any atom is -0.497 e. The van der Waals surface area contributed by atoms with E-state index in [4.69, 9.17) is 30.9 Å². The lowest BCUT2D eigenvalue weighted by Gasteiger charge is -2.22. The number of aliphatic hydroxyl groups excluding tert-OH is 1. The zero-order valence-corrected chi connectivity index (χ0v) is 22.8. The molecular weight excluding hydrogens is 511 g/mol. The Kier molecular flexibility index (Phi) is 9.98. The molecule has 1 aromatic heterocycles. The van der Waals surface area contributed by atoms with E-state index in [1.54, 1.807) is 49.5 Å². The number of hydrogen-bond donors (Lipinski definition) is 3. The first-order chi connectivity index (χ1) is 18.3. The number of rotatable bonds is 10. The lowest BCUT2D eigenvalue weighted by Crippen LogP contribution is -2.22. The molecule has 0 radical (unpaired) electrons. The van der Waals surface area contributed by atoms with E-state index in [-0.39, 0.29) is 19.0 Å². The molecule has 0 aliphatic carbocycles. The topological polar surface area (TPSA) is 92.8 Å². The van der Waals surface area contributed by atoms with Crippen molar-refractivity contribution >= 4 is 34.0 Å². The number of anilines is 1. The SMILES string of the molecule is CC.COc1cc(NC(C(=O)c2c[nH]c3c(C)cc(F)cc23)c2ccc(Cl)cc2OC)cc(OCCO)c1. The third-order valence-electron chi connectivity index (χ3n) is 5.77. The number of nitrogens with one attached hydrogen (secondary N) is 2. The Bertz CT molecular complexity index is 1410. The van der Waals surface area contributed by atoms with E-state index < -0.39 is 11.9 Å². The Morgan fingerprint density at radius 1 is 1.08 bits per heavy atom. The molecule has 0 aliphatic heterocycles. The summed E-state index contributed by atoms with van der Waals surface area (Å²) in [5.41, 5.74) is 2.76. The second-order valence-corrected chi connectivity index (χ2v) is 8.58. The fourth-order valence-corrected chi connectivity index (χ4v) is 4.29. The number of ether oxygens (including phenoxy) is 3. The van der Waals surface area contributed by atoms with Crippen LogP contribution in [-0.2, 0) is 0 Å². The van der Waals surface area contributed by atoms with Crippen molar-refractivity contribution in [2.45, 2.75) is 26.8 Å². The van der Waals surface area contributed by atoms with Gasteiger partial charge in [-0.3, -0.25) is 4.79 Å². The second-order valence-electron chi connectivity index (χ2n) is 8.14. The summed E-state index contributed by atoms with van der Waals surface area (Å²) in [5, 5.41) is 13.3. The van der Waals surface area contributed by atoms with Gasteiger partial charge in [0.2, 0.25) is 0 Å². The zero-order valence-electron chi connectivity index (χ0n) is 22.0. The van der Waals surface area contributed by atoms with Gasteiger partial charge in [-0.05, 0) is 36.8 Å². The third kappa shape index (κ3) is 6.38. The van der Waals surface area contributed by atoms with E-state index in [0.717, 1.165) is 0 Å². The smallest absolute Gasteiger partial charge is 0.191 e. The number of aromatic nitrogens is 1. The van der Waals surface area contributed by atoms with E-state index in [1.165, 1.54) is 26.4 Å². The number of carbonyl (C=O) groups is 1. The zero-order chi connectivity index (χ0) is 27.8. The molecule has 3 N–H and O–H groups in total. The highest BCUT2D eigenvalue weighted by Crippen LogP contribution is 2.36. The van der Waals surface area contributed by atoms with Crippen molar-refractivity contribution < 1.29 is 28.5 Å². The minimum absolute atomic E-state index is 0.0974. The van der Waals surface area contributed by atoms with Crippen LogP contribution in [0, 0.1) is 12.7 Å². The standard InChI is InChI=1S/C27H26ClFN2O5.C2H6/c1-15-8-17(29)10-22-23(14-30-25(15)22)27(33)26(21-5-4-16(28)9-24(21)35-3)31-18-11-19(34-2)13-20(12-18)36-7-6-32;1-2/h4-5,8-14,26,30-32H,6-7H2,1-3H3;1-2H3. The van der Waals surface area contributed by atoms with Crippen LogP contribution in [0.4, 0.5) is 10.1 Å². The van der Waals surface area contributed by atoms with Gasteiger partial charge in [0, 0.05) is 57.1 Å². The Labute approximate surface area is 226 Å². The predicted octanol–water partition coefficient (Wildman–Crippen LogP) is 6.72. The summed E-state index contributed by atoms with van der Waals surface area (Å²) in [4.78, 5) is 17.1. The van der Waals surface area contributed by atoms with Gasteiger partial charge in [-0.15, -0.1) is 0 Å². The summed E-state index contributed by atoms with van der Waals surface area (Å²) in [6.45, 7) is 5.72. The van der Waals surface area contributed by atoms with Crippen molar-refractivity contribution in [3.8, 4) is 17.2 Å². The minimum atomic E-state index is -0.933. The largest absolute Gasteiger partial charge is 0.497 e. The van der Waals surface area contributed by atoms with Crippen LogP contribution in [-0.4, -0.2) is 43.3 Å². The normalized spacial score (nSPS) is 11.4. The summed E-state index contributed by atoms with van der Waals surface area (Å²) in [6.07, 6.45) is 1.58. The number of fused-ring (bicyclic) bond motifs is 1. The van der Waals surface area contributed by atoms with Crippen molar-refractivity contribution in [2.75, 3.05) is 32.8 Å². The first kappa shape index (κ1) is 28.8. The number of carbonyl (C=O) groups excluding carboxylic acids is 1. The number of aromatic amines is 1. The fraction of sp³-hybridized carbons (Fsp3) is 0.276. The summed E-state index contributed by atoms with van der Waals surface area (Å²) in [6, 6.07) is 11.9. The van der Waals surface area contributed by atoms with Gasteiger partial charge in [-0.25, -0.2) is 4.39 Å². The average molecular weight is 543 g/mol. The van der Waals surface area contributed by atoms with Crippen molar-refractivity contribution in [1.29, 1.82) is 0 Å². The number of hydrogen-bond acceptors (Lipinski definition) is 6. The molecule has 1 unspecified atom stereocenters. The van der Waals surface area contributed by atoms with Crippen LogP contribution in [0.25, 0.3) is 10.9 Å². The Balaban J connectivity index is 0.00000195. The number of aliphatic hydroxyl groups is 1. The molecule has 0 amide bonds. The predicted molar refractivity (Wildman–Crippen MR) is 149 cm³/mol. The quantitative estimate of drug-likeness (QED) is 0.193. The lowest BCUT2D eigenvalue weighted by molar-refractivity contribution is 0.0970. The van der Waals surface area contributed by atoms with Crippen molar-refractivity contribution in [3.63, 3.8) is 0 Å². The maximum absolute atomic E-state index is 14.3. The maximum Gasteiger partial charge on any atom is 0.191 e. The number of halogens is 2. The van der Waals surface area contributed by atoms with E-state index in [2.05, 4.69) is 10.3 Å². The number of benzene rings is 3. The number of Topliss-reactive ketones (excluding diaryl/α,β-unsaturated/α-hetero) is 1. The number of ketones is 1. The summed E-state index contributed by atoms with van der Waals surface area (Å²) in [7, 11) is 3.01. The van der Waals surface area contributed by atoms with Crippen LogP contribution in [0.2, 0.25) is 5.02 Å². The van der Waals surface area contributed by atoms with Crippen LogP contribution in [0.15, 0.2) is 54.7 Å². The molecule has 0 saturated carbocycles. The second kappa shape index (κ2) is 13.2. The van der Waals surface area contributed by atoms with Crippen molar-refractivity contribution in [1.82, 2.24) is 4.98 Å². The molecule has 0 spiro atoms. The molecule has 0 fully saturated rings. The van der Waals surface area contributed by atoms with Gasteiger partial charge in [-0.2, -0.15) is 0 Å². The number of aryl methyl sites for hydroxylation is 1. The van der Waals surface area contributed by atoms with Crippen LogP contribution in [0.1, 0.15) is 41.4 Å². The molecule has 4 rings (SSSR count). The Morgan fingerprint density at radius 3 is 2.50 bits per heavy atom. The van der Waals surface area contributed by atoms with E-state index in [1.807, 2.05) is 13.8 Å². The highest BCUT2D eigenvalue weighted by molar-refractivity contribution is 6.30.